The summed E-state index contributed by atoms with van der Waals surface area (Å²) in [5, 5.41) is 3.00. The van der Waals surface area contributed by atoms with Crippen molar-refractivity contribution < 1.29 is 4.79 Å². The highest BCUT2D eigenvalue weighted by atomic mass is 35.5. The van der Waals surface area contributed by atoms with Crippen molar-refractivity contribution in [3.63, 3.8) is 0 Å². The third-order valence-electron chi connectivity index (χ3n) is 4.51. The lowest BCUT2D eigenvalue weighted by Gasteiger charge is -2.23. The Hall–Kier alpha value is -1.88. The van der Waals surface area contributed by atoms with Gasteiger partial charge < -0.3 is 16.0 Å². The molecule has 2 aromatic carbocycles. The van der Waals surface area contributed by atoms with Crippen LogP contribution in [0.15, 0.2) is 48.5 Å². The first-order chi connectivity index (χ1) is 12.3. The summed E-state index contributed by atoms with van der Waals surface area (Å²) >= 11 is 0. The Labute approximate surface area is 169 Å². The number of rotatable bonds is 8. The zero-order chi connectivity index (χ0) is 19.2. The molecule has 0 saturated carbocycles. The molecule has 0 aliphatic carbocycles. The van der Waals surface area contributed by atoms with E-state index >= 15 is 0 Å². The highest BCUT2D eigenvalue weighted by molar-refractivity contribution is 5.86. The third kappa shape index (κ3) is 6.65. The van der Waals surface area contributed by atoms with Crippen molar-refractivity contribution in [1.82, 2.24) is 10.2 Å². The van der Waals surface area contributed by atoms with Gasteiger partial charge in [0.25, 0.3) is 0 Å². The number of halogens is 1. The largest absolute Gasteiger partial charge is 0.350 e. The summed E-state index contributed by atoms with van der Waals surface area (Å²) in [6.07, 6.45) is 1.56. The summed E-state index contributed by atoms with van der Waals surface area (Å²) in [6.45, 7) is 5.23. The Morgan fingerprint density at radius 2 is 1.74 bits per heavy atom. The summed E-state index contributed by atoms with van der Waals surface area (Å²) in [5.74, 6) is -0.101. The van der Waals surface area contributed by atoms with Crippen molar-refractivity contribution in [2.75, 3.05) is 14.1 Å². The van der Waals surface area contributed by atoms with E-state index in [-0.39, 0.29) is 18.3 Å². The molecule has 4 nitrogen and oxygen atoms in total. The lowest BCUT2D eigenvalue weighted by Crippen LogP contribution is -2.51. The van der Waals surface area contributed by atoms with E-state index in [0.717, 1.165) is 29.7 Å². The summed E-state index contributed by atoms with van der Waals surface area (Å²) in [6, 6.07) is 16.8. The highest BCUT2D eigenvalue weighted by Crippen LogP contribution is 2.24. The van der Waals surface area contributed by atoms with Crippen LogP contribution in [0.5, 0.6) is 0 Å². The van der Waals surface area contributed by atoms with Crippen LogP contribution in [0.2, 0.25) is 0 Å². The number of hydrogen-bond donors (Lipinski definition) is 2. The molecular formula is C22H32ClN3O. The van der Waals surface area contributed by atoms with Crippen LogP contribution in [0.1, 0.15) is 37.8 Å². The number of benzene rings is 2. The van der Waals surface area contributed by atoms with Crippen LogP contribution >= 0.6 is 12.4 Å². The van der Waals surface area contributed by atoms with Gasteiger partial charge in [0.1, 0.15) is 0 Å². The molecule has 0 aliphatic heterocycles. The molecule has 0 heterocycles. The van der Waals surface area contributed by atoms with Gasteiger partial charge in [-0.15, -0.1) is 12.4 Å². The van der Waals surface area contributed by atoms with Crippen molar-refractivity contribution >= 4 is 18.3 Å². The van der Waals surface area contributed by atoms with Crippen molar-refractivity contribution in [1.29, 1.82) is 0 Å². The van der Waals surface area contributed by atoms with Gasteiger partial charge in [-0.25, -0.2) is 0 Å². The van der Waals surface area contributed by atoms with Gasteiger partial charge in [0, 0.05) is 13.1 Å². The maximum absolute atomic E-state index is 12.4. The number of nitrogens with one attached hydrogen (secondary N) is 1. The van der Waals surface area contributed by atoms with Crippen LogP contribution < -0.4 is 11.1 Å². The number of nitrogens with two attached hydrogens (primary N) is 1. The molecule has 3 N–H and O–H groups in total. The van der Waals surface area contributed by atoms with E-state index in [4.69, 9.17) is 5.73 Å². The van der Waals surface area contributed by atoms with Crippen LogP contribution in [0, 0.1) is 0 Å². The minimum absolute atomic E-state index is 0. The number of nitrogens with zero attached hydrogens (tertiary/aromatic N) is 1. The molecule has 1 unspecified atom stereocenters. The first-order valence-electron chi connectivity index (χ1n) is 9.22. The molecule has 27 heavy (non-hydrogen) atoms. The predicted octanol–water partition coefficient (Wildman–Crippen LogP) is 3.97. The van der Waals surface area contributed by atoms with Gasteiger partial charge >= 0.3 is 0 Å². The quantitative estimate of drug-likeness (QED) is 0.718. The van der Waals surface area contributed by atoms with Gasteiger partial charge in [-0.2, -0.15) is 0 Å². The van der Waals surface area contributed by atoms with E-state index in [0.29, 0.717) is 13.0 Å². The molecule has 0 aliphatic rings. The van der Waals surface area contributed by atoms with Gasteiger partial charge in [-0.1, -0.05) is 61.9 Å². The molecule has 1 amide bonds. The fourth-order valence-electron chi connectivity index (χ4n) is 3.12. The molecule has 2 aromatic rings. The molecule has 0 fully saturated rings. The number of carbonyl (C=O) groups is 1. The molecule has 0 radical (unpaired) electrons. The SMILES string of the molecule is CCCC(C)(N)C(=O)NCc1ccccc1-c1ccc(CN(C)C)cc1.Cl. The average molecular weight is 390 g/mol. The molecule has 148 valence electrons. The van der Waals surface area contributed by atoms with Crippen molar-refractivity contribution in [3.05, 3.63) is 59.7 Å². The van der Waals surface area contributed by atoms with Crippen LogP contribution in [-0.4, -0.2) is 30.4 Å². The second-order valence-electron chi connectivity index (χ2n) is 7.44. The minimum Gasteiger partial charge on any atom is -0.350 e. The lowest BCUT2D eigenvalue weighted by molar-refractivity contribution is -0.126. The number of amides is 1. The fourth-order valence-corrected chi connectivity index (χ4v) is 3.12. The van der Waals surface area contributed by atoms with Crippen LogP contribution in [0.4, 0.5) is 0 Å². The number of hydrogen-bond acceptors (Lipinski definition) is 3. The van der Waals surface area contributed by atoms with Gasteiger partial charge in [0.05, 0.1) is 5.54 Å². The fraction of sp³-hybridized carbons (Fsp3) is 0.409. The molecule has 5 heteroatoms. The molecule has 0 saturated heterocycles. The standard InChI is InChI=1S/C22H31N3O.ClH/c1-5-14-22(2,23)21(26)24-15-19-8-6-7-9-20(19)18-12-10-17(11-13-18)16-25(3)4;/h6-13H,5,14-16,23H2,1-4H3,(H,24,26);1H. The smallest absolute Gasteiger partial charge is 0.240 e. The zero-order valence-corrected chi connectivity index (χ0v) is 17.6. The summed E-state index contributed by atoms with van der Waals surface area (Å²) < 4.78 is 0. The lowest BCUT2D eigenvalue weighted by atomic mass is 9.95. The molecule has 0 bridgehead atoms. The van der Waals surface area contributed by atoms with Crippen molar-refractivity contribution in [3.8, 4) is 11.1 Å². The van der Waals surface area contributed by atoms with E-state index in [1.165, 1.54) is 5.56 Å². The normalized spacial score (nSPS) is 13.0. The number of carbonyl (C=O) groups excluding carboxylic acids is 1. The van der Waals surface area contributed by atoms with E-state index in [9.17, 15) is 4.79 Å². The van der Waals surface area contributed by atoms with Crippen LogP contribution in [0.25, 0.3) is 11.1 Å². The Kier molecular flexibility index (Phi) is 8.97. The van der Waals surface area contributed by atoms with E-state index in [2.05, 4.69) is 60.7 Å². The van der Waals surface area contributed by atoms with Gasteiger partial charge in [0.2, 0.25) is 5.91 Å². The molecule has 2 rings (SSSR count). The molecule has 0 aromatic heterocycles. The summed E-state index contributed by atoms with van der Waals surface area (Å²) in [4.78, 5) is 14.5. The van der Waals surface area contributed by atoms with Crippen molar-refractivity contribution in [2.24, 2.45) is 5.73 Å². The molecule has 0 spiro atoms. The third-order valence-corrected chi connectivity index (χ3v) is 4.51. The molecular weight excluding hydrogens is 358 g/mol. The van der Waals surface area contributed by atoms with Crippen LogP contribution in [-0.2, 0) is 17.9 Å². The maximum Gasteiger partial charge on any atom is 0.240 e. The van der Waals surface area contributed by atoms with E-state index in [1.807, 2.05) is 19.1 Å². The first kappa shape index (κ1) is 23.2. The summed E-state index contributed by atoms with van der Waals surface area (Å²) in [5.41, 5.74) is 9.97. The Balaban J connectivity index is 0.00000364. The second-order valence-corrected chi connectivity index (χ2v) is 7.44. The van der Waals surface area contributed by atoms with Gasteiger partial charge in [-0.3, -0.25) is 4.79 Å². The highest BCUT2D eigenvalue weighted by Gasteiger charge is 2.26. The van der Waals surface area contributed by atoms with Gasteiger partial charge in [-0.05, 0) is 49.7 Å². The average Bonchev–Trinajstić information content (AvgIpc) is 2.60. The Bertz CT molecular complexity index is 727. The van der Waals surface area contributed by atoms with E-state index < -0.39 is 5.54 Å². The first-order valence-corrected chi connectivity index (χ1v) is 9.22. The zero-order valence-electron chi connectivity index (χ0n) is 16.8. The Morgan fingerprint density at radius 3 is 2.33 bits per heavy atom. The maximum atomic E-state index is 12.4. The Morgan fingerprint density at radius 1 is 1.11 bits per heavy atom. The predicted molar refractivity (Wildman–Crippen MR) is 116 cm³/mol. The van der Waals surface area contributed by atoms with Crippen molar-refractivity contribution in [2.45, 2.75) is 45.3 Å². The monoisotopic (exact) mass is 389 g/mol. The second kappa shape index (κ2) is 10.5. The minimum atomic E-state index is -0.822. The summed E-state index contributed by atoms with van der Waals surface area (Å²) in [7, 11) is 4.13. The van der Waals surface area contributed by atoms with Crippen LogP contribution in [0.3, 0.4) is 0 Å². The topological polar surface area (TPSA) is 58.4 Å². The van der Waals surface area contributed by atoms with Gasteiger partial charge in [0.15, 0.2) is 0 Å². The van der Waals surface area contributed by atoms with E-state index in [1.54, 1.807) is 6.92 Å². The molecule has 1 atom stereocenters.